The predicted molar refractivity (Wildman–Crippen MR) is 105 cm³/mol. The SMILES string of the molecule is O=C1C2NCCCC2N(Cc2cccc(F)c2)C(=O)N1Cc1ccc2c(c1)OCO2. The van der Waals surface area contributed by atoms with Gasteiger partial charge in [-0.25, -0.2) is 9.18 Å². The van der Waals surface area contributed by atoms with E-state index in [-0.39, 0.29) is 43.7 Å². The number of nitrogens with one attached hydrogen (secondary N) is 1. The lowest BCUT2D eigenvalue weighted by Gasteiger charge is -2.47. The molecule has 3 aliphatic rings. The van der Waals surface area contributed by atoms with Crippen molar-refractivity contribution in [2.24, 2.45) is 0 Å². The van der Waals surface area contributed by atoms with E-state index in [1.54, 1.807) is 29.2 Å². The van der Waals surface area contributed by atoms with Crippen LogP contribution in [0.15, 0.2) is 42.5 Å². The molecule has 30 heavy (non-hydrogen) atoms. The Morgan fingerprint density at radius 3 is 2.73 bits per heavy atom. The minimum absolute atomic E-state index is 0.138. The minimum atomic E-state index is -0.459. The van der Waals surface area contributed by atoms with E-state index in [2.05, 4.69) is 5.32 Å². The van der Waals surface area contributed by atoms with Gasteiger partial charge in [0, 0.05) is 6.54 Å². The van der Waals surface area contributed by atoms with Crippen LogP contribution in [0.2, 0.25) is 0 Å². The maximum atomic E-state index is 13.7. The van der Waals surface area contributed by atoms with Crippen LogP contribution in [0, 0.1) is 5.82 Å². The van der Waals surface area contributed by atoms with E-state index in [0.717, 1.165) is 24.9 Å². The number of amides is 3. The number of nitrogens with zero attached hydrogens (tertiary/aromatic N) is 2. The number of imide groups is 1. The highest BCUT2D eigenvalue weighted by molar-refractivity contribution is 6.00. The average Bonchev–Trinajstić information content (AvgIpc) is 3.22. The summed E-state index contributed by atoms with van der Waals surface area (Å²) in [4.78, 5) is 29.5. The molecule has 2 unspecified atom stereocenters. The largest absolute Gasteiger partial charge is 0.454 e. The minimum Gasteiger partial charge on any atom is -0.454 e. The third kappa shape index (κ3) is 3.37. The lowest BCUT2D eigenvalue weighted by atomic mass is 9.93. The van der Waals surface area contributed by atoms with Gasteiger partial charge in [0.15, 0.2) is 11.5 Å². The van der Waals surface area contributed by atoms with E-state index in [9.17, 15) is 14.0 Å². The summed E-state index contributed by atoms with van der Waals surface area (Å²) in [7, 11) is 0. The van der Waals surface area contributed by atoms with Crippen molar-refractivity contribution in [3.8, 4) is 11.5 Å². The summed E-state index contributed by atoms with van der Waals surface area (Å²) >= 11 is 0. The topological polar surface area (TPSA) is 71.1 Å². The van der Waals surface area contributed by atoms with Crippen molar-refractivity contribution < 1.29 is 23.5 Å². The van der Waals surface area contributed by atoms with Crippen molar-refractivity contribution in [2.75, 3.05) is 13.3 Å². The fraction of sp³-hybridized carbons (Fsp3) is 0.364. The first-order valence-corrected chi connectivity index (χ1v) is 10.1. The summed E-state index contributed by atoms with van der Waals surface area (Å²) in [5, 5.41) is 3.27. The molecule has 8 heteroatoms. The van der Waals surface area contributed by atoms with Gasteiger partial charge in [-0.1, -0.05) is 18.2 Å². The third-order valence-corrected chi connectivity index (χ3v) is 5.85. The zero-order chi connectivity index (χ0) is 20.7. The first kappa shape index (κ1) is 18.9. The number of halogens is 1. The molecule has 3 aliphatic heterocycles. The van der Waals surface area contributed by atoms with Gasteiger partial charge in [0.2, 0.25) is 12.7 Å². The van der Waals surface area contributed by atoms with Crippen LogP contribution < -0.4 is 14.8 Å². The first-order chi connectivity index (χ1) is 14.6. The summed E-state index contributed by atoms with van der Waals surface area (Å²) < 4.78 is 24.4. The third-order valence-electron chi connectivity index (χ3n) is 5.85. The van der Waals surface area contributed by atoms with Crippen LogP contribution in [-0.2, 0) is 17.9 Å². The second kappa shape index (κ2) is 7.60. The molecule has 0 bridgehead atoms. The van der Waals surface area contributed by atoms with Crippen LogP contribution in [0.3, 0.4) is 0 Å². The number of urea groups is 1. The molecule has 3 amide bonds. The summed E-state index contributed by atoms with van der Waals surface area (Å²) in [6.45, 7) is 1.28. The maximum Gasteiger partial charge on any atom is 0.327 e. The molecule has 5 rings (SSSR count). The first-order valence-electron chi connectivity index (χ1n) is 10.1. The number of rotatable bonds is 4. The fourth-order valence-electron chi connectivity index (χ4n) is 4.40. The van der Waals surface area contributed by atoms with Gasteiger partial charge in [-0.3, -0.25) is 9.69 Å². The Morgan fingerprint density at radius 1 is 1.03 bits per heavy atom. The number of piperidine rings is 1. The number of carbonyl (C=O) groups excluding carboxylic acids is 2. The highest BCUT2D eigenvalue weighted by Crippen LogP contribution is 2.34. The quantitative estimate of drug-likeness (QED) is 0.838. The normalized spacial score (nSPS) is 23.0. The van der Waals surface area contributed by atoms with Crippen LogP contribution in [0.5, 0.6) is 11.5 Å². The molecule has 2 saturated heterocycles. The van der Waals surface area contributed by atoms with Crippen molar-refractivity contribution in [2.45, 2.75) is 38.0 Å². The molecule has 0 aliphatic carbocycles. The molecule has 3 heterocycles. The maximum absolute atomic E-state index is 13.7. The number of benzene rings is 2. The molecule has 156 valence electrons. The number of hydrogen-bond donors (Lipinski definition) is 1. The Bertz CT molecular complexity index is 998. The van der Waals surface area contributed by atoms with Gasteiger partial charge in [0.25, 0.3) is 0 Å². The summed E-state index contributed by atoms with van der Waals surface area (Å²) in [6, 6.07) is 10.6. The lowest BCUT2D eigenvalue weighted by molar-refractivity contribution is -0.137. The van der Waals surface area contributed by atoms with Gasteiger partial charge in [-0.2, -0.15) is 0 Å². The van der Waals surface area contributed by atoms with Crippen LogP contribution in [0.4, 0.5) is 9.18 Å². The van der Waals surface area contributed by atoms with Crippen LogP contribution >= 0.6 is 0 Å². The van der Waals surface area contributed by atoms with Gasteiger partial charge >= 0.3 is 6.03 Å². The highest BCUT2D eigenvalue weighted by atomic mass is 19.1. The summed E-state index contributed by atoms with van der Waals surface area (Å²) in [6.07, 6.45) is 1.62. The fourth-order valence-corrected chi connectivity index (χ4v) is 4.40. The molecule has 2 fully saturated rings. The zero-order valence-corrected chi connectivity index (χ0v) is 16.3. The van der Waals surface area contributed by atoms with Crippen molar-refractivity contribution in [3.63, 3.8) is 0 Å². The molecular formula is C22H22FN3O4. The monoisotopic (exact) mass is 411 g/mol. The molecule has 0 spiro atoms. The van der Waals surface area contributed by atoms with Gasteiger partial charge in [-0.05, 0) is 54.8 Å². The van der Waals surface area contributed by atoms with E-state index in [4.69, 9.17) is 9.47 Å². The summed E-state index contributed by atoms with van der Waals surface area (Å²) in [5.41, 5.74) is 1.48. The average molecular weight is 411 g/mol. The number of ether oxygens (including phenoxy) is 2. The van der Waals surface area contributed by atoms with Gasteiger partial charge in [0.05, 0.1) is 12.6 Å². The van der Waals surface area contributed by atoms with E-state index in [1.165, 1.54) is 17.0 Å². The van der Waals surface area contributed by atoms with Crippen LogP contribution in [0.25, 0.3) is 0 Å². The van der Waals surface area contributed by atoms with Crippen molar-refractivity contribution >= 4 is 11.9 Å². The van der Waals surface area contributed by atoms with Crippen molar-refractivity contribution in [1.82, 2.24) is 15.1 Å². The molecule has 0 aromatic heterocycles. The molecule has 2 aromatic carbocycles. The lowest BCUT2D eigenvalue weighted by Crippen LogP contribution is -2.68. The van der Waals surface area contributed by atoms with Crippen LogP contribution in [-0.4, -0.2) is 47.2 Å². The van der Waals surface area contributed by atoms with Gasteiger partial charge < -0.3 is 19.7 Å². The molecular weight excluding hydrogens is 389 g/mol. The molecule has 0 saturated carbocycles. The second-order valence-corrected chi connectivity index (χ2v) is 7.79. The summed E-state index contributed by atoms with van der Waals surface area (Å²) in [5.74, 6) is 0.688. The van der Waals surface area contributed by atoms with Gasteiger partial charge in [-0.15, -0.1) is 0 Å². The Kier molecular flexibility index (Phi) is 4.78. The Labute approximate surface area is 173 Å². The Hall–Kier alpha value is -3.13. The highest BCUT2D eigenvalue weighted by Gasteiger charge is 2.47. The van der Waals surface area contributed by atoms with Gasteiger partial charge in [0.1, 0.15) is 11.9 Å². The van der Waals surface area contributed by atoms with Crippen molar-refractivity contribution in [3.05, 3.63) is 59.4 Å². The predicted octanol–water partition coefficient (Wildman–Crippen LogP) is 2.64. The molecule has 0 radical (unpaired) electrons. The Morgan fingerprint density at radius 2 is 1.87 bits per heavy atom. The second-order valence-electron chi connectivity index (χ2n) is 7.79. The van der Waals surface area contributed by atoms with E-state index >= 15 is 0 Å². The standard InChI is InChI=1S/C22H22FN3O4/c23-16-4-1-3-14(9-16)11-25-17-5-2-8-24-20(17)21(27)26(22(25)28)12-15-6-7-18-19(10-15)30-13-29-18/h1,3-4,6-7,9-10,17,20,24H,2,5,8,11-13H2. The molecule has 2 atom stereocenters. The molecule has 2 aromatic rings. The molecule has 7 nitrogen and oxygen atoms in total. The number of hydrogen-bond acceptors (Lipinski definition) is 5. The van der Waals surface area contributed by atoms with E-state index in [1.807, 2.05) is 6.07 Å². The number of carbonyl (C=O) groups is 2. The van der Waals surface area contributed by atoms with E-state index in [0.29, 0.717) is 17.1 Å². The smallest absolute Gasteiger partial charge is 0.327 e. The van der Waals surface area contributed by atoms with Crippen molar-refractivity contribution in [1.29, 1.82) is 0 Å². The zero-order valence-electron chi connectivity index (χ0n) is 16.3. The van der Waals surface area contributed by atoms with E-state index < -0.39 is 6.04 Å². The number of fused-ring (bicyclic) bond motifs is 2. The Balaban J connectivity index is 1.43. The van der Waals surface area contributed by atoms with Crippen LogP contribution in [0.1, 0.15) is 24.0 Å². The molecule has 1 N–H and O–H groups in total.